The van der Waals surface area contributed by atoms with Gasteiger partial charge in [0.05, 0.1) is 11.1 Å². The van der Waals surface area contributed by atoms with Crippen molar-refractivity contribution in [3.8, 4) is 0 Å². The van der Waals surface area contributed by atoms with Gasteiger partial charge in [0.25, 0.3) is 0 Å². The number of fused-ring (bicyclic) bond motifs is 1. The van der Waals surface area contributed by atoms with E-state index in [1.54, 1.807) is 6.08 Å². The second kappa shape index (κ2) is 4.00. The number of rotatable bonds is 2. The van der Waals surface area contributed by atoms with E-state index in [9.17, 15) is 24.0 Å². The molecule has 0 amide bonds. The summed E-state index contributed by atoms with van der Waals surface area (Å²) in [6.07, 6.45) is 4.80. The Morgan fingerprint density at radius 1 is 0.920 bits per heavy atom. The highest BCUT2D eigenvalue weighted by atomic mass is 16.6. The standard InChI is InChI=1S/C18H8O7/c19-12(8-1-2-10-11(5-8)14(21)24-13(10)20)9-3-4-17-7-18(17,6-9)16(23)25-15(17)22/h1-6H,7H2. The average Bonchev–Trinajstić information content (AvgIpc) is 3.16. The van der Waals surface area contributed by atoms with Gasteiger partial charge in [-0.3, -0.25) is 14.4 Å². The molecule has 2 heterocycles. The normalized spacial score (nSPS) is 31.0. The monoisotopic (exact) mass is 336 g/mol. The molecular formula is C18H8O7. The van der Waals surface area contributed by atoms with Crippen molar-refractivity contribution in [3.63, 3.8) is 0 Å². The van der Waals surface area contributed by atoms with Crippen LogP contribution in [0.1, 0.15) is 37.5 Å². The van der Waals surface area contributed by atoms with Gasteiger partial charge >= 0.3 is 23.9 Å². The van der Waals surface area contributed by atoms with E-state index in [1.165, 1.54) is 30.4 Å². The SMILES string of the molecule is O=C(C1=CC23CC2(C=C1)C(=O)OC3=O)c1ccc2c(c1)C(=O)OC2=O. The minimum Gasteiger partial charge on any atom is -0.392 e. The number of allylic oxidation sites excluding steroid dienone is 2. The summed E-state index contributed by atoms with van der Waals surface area (Å²) >= 11 is 0. The molecule has 7 heteroatoms. The molecular weight excluding hydrogens is 328 g/mol. The number of carbonyl (C=O) groups excluding carboxylic acids is 5. The maximum Gasteiger partial charge on any atom is 0.346 e. The second-order valence-electron chi connectivity index (χ2n) is 6.50. The molecule has 25 heavy (non-hydrogen) atoms. The van der Waals surface area contributed by atoms with E-state index in [-0.39, 0.29) is 22.3 Å². The Morgan fingerprint density at radius 3 is 2.44 bits per heavy atom. The van der Waals surface area contributed by atoms with Crippen LogP contribution in [-0.2, 0) is 19.1 Å². The highest BCUT2D eigenvalue weighted by Crippen LogP contribution is 2.72. The van der Waals surface area contributed by atoms with Gasteiger partial charge in [0.2, 0.25) is 0 Å². The van der Waals surface area contributed by atoms with Crippen LogP contribution in [0.3, 0.4) is 0 Å². The fourth-order valence-electron chi connectivity index (χ4n) is 3.76. The summed E-state index contributed by atoms with van der Waals surface area (Å²) in [5.41, 5.74) is -1.50. The molecule has 2 atom stereocenters. The maximum atomic E-state index is 12.7. The van der Waals surface area contributed by atoms with Crippen LogP contribution in [0, 0.1) is 10.8 Å². The third kappa shape index (κ3) is 1.48. The fourth-order valence-corrected chi connectivity index (χ4v) is 3.76. The molecule has 1 saturated carbocycles. The number of cyclic esters (lactones) is 4. The van der Waals surface area contributed by atoms with Crippen molar-refractivity contribution in [2.45, 2.75) is 6.42 Å². The number of benzene rings is 1. The van der Waals surface area contributed by atoms with E-state index >= 15 is 0 Å². The number of ketones is 1. The molecule has 0 radical (unpaired) electrons. The van der Waals surface area contributed by atoms with E-state index < -0.39 is 40.5 Å². The molecule has 5 rings (SSSR count). The van der Waals surface area contributed by atoms with Crippen LogP contribution in [0.25, 0.3) is 0 Å². The van der Waals surface area contributed by atoms with Gasteiger partial charge in [0, 0.05) is 11.1 Å². The summed E-state index contributed by atoms with van der Waals surface area (Å²) in [5.74, 6) is -3.20. The summed E-state index contributed by atoms with van der Waals surface area (Å²) in [6.45, 7) is 0. The first-order valence-electron chi connectivity index (χ1n) is 7.52. The van der Waals surface area contributed by atoms with Crippen LogP contribution in [0.4, 0.5) is 0 Å². The van der Waals surface area contributed by atoms with Gasteiger partial charge < -0.3 is 9.47 Å². The zero-order valence-electron chi connectivity index (χ0n) is 12.5. The Balaban J connectivity index is 1.54. The average molecular weight is 336 g/mol. The number of hydrogen-bond donors (Lipinski definition) is 0. The van der Waals surface area contributed by atoms with Crippen molar-refractivity contribution in [1.82, 2.24) is 0 Å². The molecule has 2 aliphatic carbocycles. The van der Waals surface area contributed by atoms with Crippen LogP contribution in [0.2, 0.25) is 0 Å². The van der Waals surface area contributed by atoms with Gasteiger partial charge in [0.1, 0.15) is 10.8 Å². The van der Waals surface area contributed by atoms with Crippen molar-refractivity contribution in [2.75, 3.05) is 0 Å². The lowest BCUT2D eigenvalue weighted by Crippen LogP contribution is -2.19. The van der Waals surface area contributed by atoms with E-state index in [2.05, 4.69) is 9.47 Å². The zero-order valence-corrected chi connectivity index (χ0v) is 12.5. The van der Waals surface area contributed by atoms with Crippen molar-refractivity contribution in [3.05, 3.63) is 58.7 Å². The largest absolute Gasteiger partial charge is 0.392 e. The Hall–Kier alpha value is -3.35. The molecule has 2 aliphatic heterocycles. The summed E-state index contributed by atoms with van der Waals surface area (Å²) in [7, 11) is 0. The summed E-state index contributed by atoms with van der Waals surface area (Å²) in [4.78, 5) is 59.6. The fraction of sp³-hybridized carbons (Fsp3) is 0.167. The van der Waals surface area contributed by atoms with Crippen molar-refractivity contribution in [1.29, 1.82) is 0 Å². The highest BCUT2D eigenvalue weighted by Gasteiger charge is 2.81. The third-order valence-corrected chi connectivity index (χ3v) is 5.26. The molecule has 7 nitrogen and oxygen atoms in total. The summed E-state index contributed by atoms with van der Waals surface area (Å²) in [5, 5.41) is 0. The first-order valence-corrected chi connectivity index (χ1v) is 7.52. The van der Waals surface area contributed by atoms with Crippen LogP contribution in [-0.4, -0.2) is 29.7 Å². The highest BCUT2D eigenvalue weighted by molar-refractivity contribution is 6.19. The molecule has 2 fully saturated rings. The van der Waals surface area contributed by atoms with Crippen LogP contribution >= 0.6 is 0 Å². The molecule has 0 bridgehead atoms. The molecule has 0 N–H and O–H groups in total. The quantitative estimate of drug-likeness (QED) is 0.453. The first-order chi connectivity index (χ1) is 11.9. The van der Waals surface area contributed by atoms with Gasteiger partial charge in [-0.05, 0) is 18.6 Å². The number of carbonyl (C=O) groups is 5. The minimum atomic E-state index is -1.09. The maximum absolute atomic E-state index is 12.7. The van der Waals surface area contributed by atoms with Gasteiger partial charge in [-0.2, -0.15) is 0 Å². The number of hydrogen-bond acceptors (Lipinski definition) is 7. The van der Waals surface area contributed by atoms with Crippen LogP contribution in [0.5, 0.6) is 0 Å². The third-order valence-electron chi connectivity index (χ3n) is 5.26. The number of Topliss-reactive ketones (excluding diaryl/α,β-unsaturated/α-hetero) is 1. The lowest BCUT2D eigenvalue weighted by molar-refractivity contribution is -0.157. The van der Waals surface area contributed by atoms with Crippen molar-refractivity contribution < 1.29 is 33.4 Å². The lowest BCUT2D eigenvalue weighted by atomic mass is 9.85. The lowest BCUT2D eigenvalue weighted by Gasteiger charge is -2.12. The molecule has 4 aliphatic rings. The van der Waals surface area contributed by atoms with Gasteiger partial charge in [0.15, 0.2) is 5.78 Å². The first kappa shape index (κ1) is 14.0. The molecule has 0 spiro atoms. The minimum absolute atomic E-state index is 0.0330. The Bertz CT molecular complexity index is 1030. The summed E-state index contributed by atoms with van der Waals surface area (Å²) in [6, 6.07) is 4.07. The predicted molar refractivity (Wildman–Crippen MR) is 78.3 cm³/mol. The molecule has 122 valence electrons. The van der Waals surface area contributed by atoms with E-state index in [0.29, 0.717) is 6.42 Å². The number of ether oxygens (including phenoxy) is 2. The molecule has 2 unspecified atom stereocenters. The van der Waals surface area contributed by atoms with Gasteiger partial charge in [-0.15, -0.1) is 0 Å². The molecule has 1 saturated heterocycles. The smallest absolute Gasteiger partial charge is 0.346 e. The topological polar surface area (TPSA) is 104 Å². The number of esters is 4. The molecule has 1 aromatic carbocycles. The Labute approximate surface area is 139 Å². The van der Waals surface area contributed by atoms with Crippen molar-refractivity contribution >= 4 is 29.7 Å². The van der Waals surface area contributed by atoms with Crippen molar-refractivity contribution in [2.24, 2.45) is 10.8 Å². The Kier molecular flexibility index (Phi) is 2.24. The second-order valence-corrected chi connectivity index (χ2v) is 6.50. The van der Waals surface area contributed by atoms with Gasteiger partial charge in [-0.25, -0.2) is 9.59 Å². The Morgan fingerprint density at radius 2 is 1.64 bits per heavy atom. The van der Waals surface area contributed by atoms with E-state index in [1.807, 2.05) is 0 Å². The van der Waals surface area contributed by atoms with E-state index in [4.69, 9.17) is 0 Å². The summed E-state index contributed by atoms with van der Waals surface area (Å²) < 4.78 is 9.19. The predicted octanol–water partition coefficient (Wildman–Crippen LogP) is 1.14. The van der Waals surface area contributed by atoms with Crippen LogP contribution < -0.4 is 0 Å². The van der Waals surface area contributed by atoms with Crippen LogP contribution in [0.15, 0.2) is 42.0 Å². The van der Waals surface area contributed by atoms with E-state index in [0.717, 1.165) is 0 Å². The zero-order chi connectivity index (χ0) is 17.6. The van der Waals surface area contributed by atoms with Gasteiger partial charge in [-0.1, -0.05) is 24.3 Å². The molecule has 1 aromatic rings. The molecule has 0 aromatic heterocycles.